The number of ketones is 1. The Labute approximate surface area is 120 Å². The van der Waals surface area contributed by atoms with E-state index in [9.17, 15) is 9.18 Å². The second-order valence-corrected chi connectivity index (χ2v) is 6.15. The Morgan fingerprint density at radius 3 is 2.35 bits per heavy atom. The smallest absolute Gasteiger partial charge is 0.146 e. The van der Waals surface area contributed by atoms with E-state index in [0.717, 1.165) is 32.7 Å². The second-order valence-electron chi connectivity index (χ2n) is 6.15. The highest BCUT2D eigenvalue weighted by Gasteiger charge is 2.28. The summed E-state index contributed by atoms with van der Waals surface area (Å²) in [7, 11) is 0. The van der Waals surface area contributed by atoms with E-state index in [1.165, 1.54) is 6.07 Å². The highest BCUT2D eigenvalue weighted by molar-refractivity contribution is 5.81. The number of nitrogens with zero attached hydrogens (tertiary/aromatic N) is 2. The summed E-state index contributed by atoms with van der Waals surface area (Å²) in [4.78, 5) is 15.9. The zero-order valence-corrected chi connectivity index (χ0v) is 12.5. The van der Waals surface area contributed by atoms with Gasteiger partial charge in [0.25, 0.3) is 0 Å². The number of piperazine rings is 1. The van der Waals surface area contributed by atoms with Crippen molar-refractivity contribution in [2.24, 2.45) is 5.41 Å². The third-order valence-electron chi connectivity index (χ3n) is 4.14. The van der Waals surface area contributed by atoms with Gasteiger partial charge in [-0.25, -0.2) is 4.39 Å². The van der Waals surface area contributed by atoms with Crippen LogP contribution in [-0.4, -0.2) is 43.4 Å². The van der Waals surface area contributed by atoms with Gasteiger partial charge in [0, 0.05) is 38.1 Å². The molecule has 0 aliphatic carbocycles. The van der Waals surface area contributed by atoms with Crippen LogP contribution in [0.1, 0.15) is 20.8 Å². The predicted molar refractivity (Wildman–Crippen MR) is 79.5 cm³/mol. The van der Waals surface area contributed by atoms with Crippen molar-refractivity contribution in [2.45, 2.75) is 20.8 Å². The van der Waals surface area contributed by atoms with E-state index in [-0.39, 0.29) is 17.0 Å². The van der Waals surface area contributed by atoms with E-state index in [2.05, 4.69) is 9.80 Å². The molecule has 110 valence electrons. The van der Waals surface area contributed by atoms with Crippen molar-refractivity contribution >= 4 is 11.5 Å². The number of Topliss-reactive ketones (excluding diaryl/α,β-unsaturated/α-hetero) is 1. The van der Waals surface area contributed by atoms with E-state index in [1.807, 2.05) is 26.0 Å². The Hall–Kier alpha value is -1.42. The van der Waals surface area contributed by atoms with Crippen LogP contribution in [-0.2, 0) is 4.79 Å². The average molecular weight is 278 g/mol. The van der Waals surface area contributed by atoms with E-state index in [1.54, 1.807) is 13.0 Å². The number of carbonyl (C=O) groups is 1. The van der Waals surface area contributed by atoms with Crippen LogP contribution in [0.15, 0.2) is 24.3 Å². The highest BCUT2D eigenvalue weighted by atomic mass is 19.1. The molecular formula is C16H23FN2O. The Morgan fingerprint density at radius 1 is 1.20 bits per heavy atom. The Bertz CT molecular complexity index is 479. The van der Waals surface area contributed by atoms with Gasteiger partial charge in [0.05, 0.1) is 5.69 Å². The summed E-state index contributed by atoms with van der Waals surface area (Å²) in [6.45, 7) is 9.72. The maximum absolute atomic E-state index is 13.7. The fourth-order valence-corrected chi connectivity index (χ4v) is 2.53. The lowest BCUT2D eigenvalue weighted by atomic mass is 9.88. The SMILES string of the molecule is CC(=O)C(C)(C)CN1CCN(c2ccccc2F)CC1. The Kier molecular flexibility index (Phi) is 4.43. The van der Waals surface area contributed by atoms with E-state index >= 15 is 0 Å². The number of hydrogen-bond donors (Lipinski definition) is 0. The molecular weight excluding hydrogens is 255 g/mol. The zero-order valence-electron chi connectivity index (χ0n) is 12.5. The minimum atomic E-state index is -0.305. The van der Waals surface area contributed by atoms with Gasteiger partial charge in [-0.1, -0.05) is 26.0 Å². The fraction of sp³-hybridized carbons (Fsp3) is 0.562. The van der Waals surface area contributed by atoms with Gasteiger partial charge in [0.15, 0.2) is 0 Å². The first-order chi connectivity index (χ1) is 9.40. The quantitative estimate of drug-likeness (QED) is 0.845. The first-order valence-electron chi connectivity index (χ1n) is 7.13. The predicted octanol–water partition coefficient (Wildman–Crippen LogP) is 2.56. The first-order valence-corrected chi connectivity index (χ1v) is 7.13. The van der Waals surface area contributed by atoms with Gasteiger partial charge in [-0.3, -0.25) is 9.69 Å². The molecule has 1 aliphatic rings. The largest absolute Gasteiger partial charge is 0.367 e. The minimum absolute atomic E-state index is 0.162. The average Bonchev–Trinajstić information content (AvgIpc) is 2.40. The summed E-state index contributed by atoms with van der Waals surface area (Å²) in [6, 6.07) is 6.90. The maximum Gasteiger partial charge on any atom is 0.146 e. The topological polar surface area (TPSA) is 23.6 Å². The number of carbonyl (C=O) groups excluding carboxylic acids is 1. The molecule has 1 aliphatic heterocycles. The first kappa shape index (κ1) is 15.0. The molecule has 0 unspecified atom stereocenters. The van der Waals surface area contributed by atoms with Crippen LogP contribution < -0.4 is 4.90 Å². The van der Waals surface area contributed by atoms with Gasteiger partial charge in [-0.05, 0) is 19.1 Å². The van der Waals surface area contributed by atoms with Gasteiger partial charge in [-0.15, -0.1) is 0 Å². The lowest BCUT2D eigenvalue weighted by molar-refractivity contribution is -0.125. The van der Waals surface area contributed by atoms with E-state index in [4.69, 9.17) is 0 Å². The lowest BCUT2D eigenvalue weighted by Crippen LogP contribution is -2.50. The molecule has 1 heterocycles. The maximum atomic E-state index is 13.7. The van der Waals surface area contributed by atoms with E-state index < -0.39 is 0 Å². The standard InChI is InChI=1S/C16H23FN2O/c1-13(20)16(2,3)12-18-8-10-19(11-9-18)15-7-5-4-6-14(15)17/h4-7H,8-12H2,1-3H3. The van der Waals surface area contributed by atoms with Gasteiger partial charge in [-0.2, -0.15) is 0 Å². The van der Waals surface area contributed by atoms with Crippen molar-refractivity contribution in [2.75, 3.05) is 37.6 Å². The molecule has 0 aromatic heterocycles. The fourth-order valence-electron chi connectivity index (χ4n) is 2.53. The zero-order chi connectivity index (χ0) is 14.8. The van der Waals surface area contributed by atoms with Crippen LogP contribution in [0.4, 0.5) is 10.1 Å². The molecule has 1 aromatic rings. The minimum Gasteiger partial charge on any atom is -0.367 e. The molecule has 0 N–H and O–H groups in total. The second kappa shape index (κ2) is 5.92. The summed E-state index contributed by atoms with van der Waals surface area (Å²) >= 11 is 0. The summed E-state index contributed by atoms with van der Waals surface area (Å²) in [5.41, 5.74) is 0.373. The van der Waals surface area contributed by atoms with Crippen molar-refractivity contribution in [3.63, 3.8) is 0 Å². The number of anilines is 1. The summed E-state index contributed by atoms with van der Waals surface area (Å²) in [6.07, 6.45) is 0. The molecule has 3 nitrogen and oxygen atoms in total. The number of rotatable bonds is 4. The van der Waals surface area contributed by atoms with Crippen LogP contribution in [0.3, 0.4) is 0 Å². The van der Waals surface area contributed by atoms with Crippen molar-refractivity contribution < 1.29 is 9.18 Å². The molecule has 0 atom stereocenters. The van der Waals surface area contributed by atoms with E-state index in [0.29, 0.717) is 5.69 Å². The van der Waals surface area contributed by atoms with Crippen molar-refractivity contribution in [1.82, 2.24) is 4.90 Å². The third-order valence-corrected chi connectivity index (χ3v) is 4.14. The molecule has 2 rings (SSSR count). The highest BCUT2D eigenvalue weighted by Crippen LogP contribution is 2.23. The third kappa shape index (κ3) is 3.37. The van der Waals surface area contributed by atoms with Gasteiger partial charge in [0.1, 0.15) is 11.6 Å². The normalized spacial score (nSPS) is 17.3. The molecule has 20 heavy (non-hydrogen) atoms. The monoisotopic (exact) mass is 278 g/mol. The van der Waals surface area contributed by atoms with Crippen LogP contribution in [0.2, 0.25) is 0 Å². The van der Waals surface area contributed by atoms with Crippen molar-refractivity contribution in [3.8, 4) is 0 Å². The number of hydrogen-bond acceptors (Lipinski definition) is 3. The molecule has 1 saturated heterocycles. The molecule has 0 radical (unpaired) electrons. The lowest BCUT2D eigenvalue weighted by Gasteiger charge is -2.39. The Morgan fingerprint density at radius 2 is 1.80 bits per heavy atom. The summed E-state index contributed by atoms with van der Waals surface area (Å²) < 4.78 is 13.7. The molecule has 1 fully saturated rings. The summed E-state index contributed by atoms with van der Waals surface area (Å²) in [5, 5.41) is 0. The van der Waals surface area contributed by atoms with Gasteiger partial charge < -0.3 is 4.90 Å². The van der Waals surface area contributed by atoms with Crippen LogP contribution >= 0.6 is 0 Å². The molecule has 0 saturated carbocycles. The number of benzene rings is 1. The molecule has 0 spiro atoms. The van der Waals surface area contributed by atoms with Gasteiger partial charge in [0.2, 0.25) is 0 Å². The molecule has 1 aromatic carbocycles. The molecule has 4 heteroatoms. The number of para-hydroxylation sites is 1. The summed E-state index contributed by atoms with van der Waals surface area (Å²) in [5.74, 6) is 0.0547. The molecule has 0 amide bonds. The Balaban J connectivity index is 1.93. The van der Waals surface area contributed by atoms with Gasteiger partial charge >= 0.3 is 0 Å². The van der Waals surface area contributed by atoms with Crippen LogP contribution in [0.25, 0.3) is 0 Å². The molecule has 0 bridgehead atoms. The van der Waals surface area contributed by atoms with Crippen molar-refractivity contribution in [3.05, 3.63) is 30.1 Å². The number of halogens is 1. The van der Waals surface area contributed by atoms with Crippen LogP contribution in [0, 0.1) is 11.2 Å². The van der Waals surface area contributed by atoms with Crippen molar-refractivity contribution in [1.29, 1.82) is 0 Å². The van der Waals surface area contributed by atoms with Crippen LogP contribution in [0.5, 0.6) is 0 Å².